The van der Waals surface area contributed by atoms with Crippen LogP contribution >= 0.6 is 0 Å². The lowest BCUT2D eigenvalue weighted by atomic mass is 10.0. The van der Waals surface area contributed by atoms with E-state index in [0.717, 1.165) is 43.8 Å². The molecule has 1 fully saturated rings. The first-order valence-corrected chi connectivity index (χ1v) is 8.94. The molecule has 4 nitrogen and oxygen atoms in total. The van der Waals surface area contributed by atoms with Gasteiger partial charge in [0.15, 0.2) is 6.61 Å². The molecule has 0 aliphatic carbocycles. The lowest BCUT2D eigenvalue weighted by Crippen LogP contribution is -2.45. The van der Waals surface area contributed by atoms with Crippen LogP contribution in [0.3, 0.4) is 0 Å². The van der Waals surface area contributed by atoms with Gasteiger partial charge in [0.05, 0.1) is 0 Å². The molecule has 0 bridgehead atoms. The van der Waals surface area contributed by atoms with Crippen LogP contribution in [0.25, 0.3) is 0 Å². The number of hydrogen-bond donors (Lipinski definition) is 1. The molecule has 4 heteroatoms. The van der Waals surface area contributed by atoms with Crippen LogP contribution in [-0.2, 0) is 11.3 Å². The Bertz CT molecular complexity index is 679. The lowest BCUT2D eigenvalue weighted by Gasteiger charge is -2.32. The molecule has 0 unspecified atom stereocenters. The molecule has 0 saturated carbocycles. The van der Waals surface area contributed by atoms with Gasteiger partial charge in [-0.1, -0.05) is 42.5 Å². The molecule has 132 valence electrons. The van der Waals surface area contributed by atoms with Gasteiger partial charge in [0.25, 0.3) is 5.91 Å². The molecular formula is C21H26N2O2. The standard InChI is InChI=1S/C21H26N2O2/c1-17-6-5-9-20(14-17)25-16-21(24)22-19-10-12-23(13-11-19)15-18-7-3-2-4-8-18/h2-9,14,19H,10-13,15-16H2,1H3,(H,22,24). The van der Waals surface area contributed by atoms with Crippen LogP contribution < -0.4 is 10.1 Å². The van der Waals surface area contributed by atoms with Crippen molar-refractivity contribution in [3.05, 3.63) is 65.7 Å². The highest BCUT2D eigenvalue weighted by atomic mass is 16.5. The van der Waals surface area contributed by atoms with Crippen molar-refractivity contribution in [1.29, 1.82) is 0 Å². The molecule has 0 aromatic heterocycles. The number of hydrogen-bond acceptors (Lipinski definition) is 3. The van der Waals surface area contributed by atoms with Crippen LogP contribution in [0, 0.1) is 6.92 Å². The number of aryl methyl sites for hydroxylation is 1. The highest BCUT2D eigenvalue weighted by Crippen LogP contribution is 2.14. The predicted octanol–water partition coefficient (Wildman–Crippen LogP) is 3.15. The molecule has 1 saturated heterocycles. The number of amides is 1. The monoisotopic (exact) mass is 338 g/mol. The van der Waals surface area contributed by atoms with Gasteiger partial charge in [0, 0.05) is 25.7 Å². The van der Waals surface area contributed by atoms with Gasteiger partial charge in [-0.2, -0.15) is 0 Å². The van der Waals surface area contributed by atoms with Crippen LogP contribution in [-0.4, -0.2) is 36.5 Å². The molecule has 0 radical (unpaired) electrons. The lowest BCUT2D eigenvalue weighted by molar-refractivity contribution is -0.124. The molecule has 1 aliphatic heterocycles. The van der Waals surface area contributed by atoms with Crippen molar-refractivity contribution in [1.82, 2.24) is 10.2 Å². The third-order valence-electron chi connectivity index (χ3n) is 4.56. The Hall–Kier alpha value is -2.33. The number of ether oxygens (including phenoxy) is 1. The van der Waals surface area contributed by atoms with Gasteiger partial charge in [0.2, 0.25) is 0 Å². The third-order valence-corrected chi connectivity index (χ3v) is 4.56. The maximum atomic E-state index is 12.1. The van der Waals surface area contributed by atoms with E-state index in [0.29, 0.717) is 0 Å². The SMILES string of the molecule is Cc1cccc(OCC(=O)NC2CCN(Cc3ccccc3)CC2)c1. The highest BCUT2D eigenvalue weighted by molar-refractivity contribution is 5.77. The Morgan fingerprint density at radius 3 is 2.60 bits per heavy atom. The van der Waals surface area contributed by atoms with Gasteiger partial charge in [-0.3, -0.25) is 9.69 Å². The van der Waals surface area contributed by atoms with E-state index in [9.17, 15) is 4.79 Å². The summed E-state index contributed by atoms with van der Waals surface area (Å²) in [5, 5.41) is 3.10. The molecule has 1 aliphatic rings. The van der Waals surface area contributed by atoms with Crippen molar-refractivity contribution in [2.45, 2.75) is 32.4 Å². The van der Waals surface area contributed by atoms with Crippen molar-refractivity contribution in [2.24, 2.45) is 0 Å². The quantitative estimate of drug-likeness (QED) is 0.880. The van der Waals surface area contributed by atoms with E-state index in [4.69, 9.17) is 4.74 Å². The zero-order chi connectivity index (χ0) is 17.5. The van der Waals surface area contributed by atoms with Crippen molar-refractivity contribution in [2.75, 3.05) is 19.7 Å². The first-order valence-electron chi connectivity index (χ1n) is 8.94. The fourth-order valence-corrected chi connectivity index (χ4v) is 3.20. The predicted molar refractivity (Wildman–Crippen MR) is 99.6 cm³/mol. The number of nitrogens with zero attached hydrogens (tertiary/aromatic N) is 1. The normalized spacial score (nSPS) is 15.7. The van der Waals surface area contributed by atoms with E-state index < -0.39 is 0 Å². The number of likely N-dealkylation sites (tertiary alicyclic amines) is 1. The number of piperidine rings is 1. The van der Waals surface area contributed by atoms with Crippen molar-refractivity contribution < 1.29 is 9.53 Å². The van der Waals surface area contributed by atoms with Crippen molar-refractivity contribution in [3.63, 3.8) is 0 Å². The minimum Gasteiger partial charge on any atom is -0.484 e. The molecule has 0 spiro atoms. The summed E-state index contributed by atoms with van der Waals surface area (Å²) >= 11 is 0. The summed E-state index contributed by atoms with van der Waals surface area (Å²) in [4.78, 5) is 14.5. The number of carbonyl (C=O) groups excluding carboxylic acids is 1. The Morgan fingerprint density at radius 1 is 1.12 bits per heavy atom. The van der Waals surface area contributed by atoms with E-state index in [1.807, 2.05) is 37.3 Å². The van der Waals surface area contributed by atoms with E-state index >= 15 is 0 Å². The summed E-state index contributed by atoms with van der Waals surface area (Å²) in [7, 11) is 0. The first kappa shape index (κ1) is 17.5. The van der Waals surface area contributed by atoms with E-state index in [2.05, 4.69) is 34.5 Å². The second kappa shape index (κ2) is 8.67. The summed E-state index contributed by atoms with van der Waals surface area (Å²) in [6.07, 6.45) is 1.98. The highest BCUT2D eigenvalue weighted by Gasteiger charge is 2.20. The third kappa shape index (κ3) is 5.61. The van der Waals surface area contributed by atoms with E-state index in [1.165, 1.54) is 5.56 Å². The average Bonchev–Trinajstić information content (AvgIpc) is 2.63. The molecule has 2 aromatic rings. The molecule has 0 atom stereocenters. The largest absolute Gasteiger partial charge is 0.484 e. The molecule has 1 N–H and O–H groups in total. The zero-order valence-electron chi connectivity index (χ0n) is 14.8. The summed E-state index contributed by atoms with van der Waals surface area (Å²) < 4.78 is 5.57. The smallest absolute Gasteiger partial charge is 0.258 e. The van der Waals surface area contributed by atoms with Gasteiger partial charge in [-0.05, 0) is 43.0 Å². The number of nitrogens with one attached hydrogen (secondary N) is 1. The van der Waals surface area contributed by atoms with Crippen molar-refractivity contribution >= 4 is 5.91 Å². The topological polar surface area (TPSA) is 41.6 Å². The molecule has 25 heavy (non-hydrogen) atoms. The fraction of sp³-hybridized carbons (Fsp3) is 0.381. The van der Waals surface area contributed by atoms with Crippen LogP contribution in [0.4, 0.5) is 0 Å². The summed E-state index contributed by atoms with van der Waals surface area (Å²) in [6, 6.07) is 18.5. The summed E-state index contributed by atoms with van der Waals surface area (Å²) in [5.74, 6) is 0.704. The van der Waals surface area contributed by atoms with Gasteiger partial charge in [-0.15, -0.1) is 0 Å². The number of carbonyl (C=O) groups is 1. The molecule has 2 aromatic carbocycles. The zero-order valence-corrected chi connectivity index (χ0v) is 14.8. The number of benzene rings is 2. The molecular weight excluding hydrogens is 312 g/mol. The summed E-state index contributed by atoms with van der Waals surface area (Å²) in [5.41, 5.74) is 2.47. The van der Waals surface area contributed by atoms with Gasteiger partial charge < -0.3 is 10.1 Å². The summed E-state index contributed by atoms with van der Waals surface area (Å²) in [6.45, 7) is 5.10. The Balaban J connectivity index is 1.37. The number of rotatable bonds is 6. The maximum absolute atomic E-state index is 12.1. The van der Waals surface area contributed by atoms with E-state index in [1.54, 1.807) is 0 Å². The van der Waals surface area contributed by atoms with E-state index in [-0.39, 0.29) is 18.6 Å². The minimum absolute atomic E-state index is 0.0389. The van der Waals surface area contributed by atoms with Gasteiger partial charge >= 0.3 is 0 Å². The second-order valence-electron chi connectivity index (χ2n) is 6.71. The molecule has 1 amide bonds. The minimum atomic E-state index is -0.0389. The van der Waals surface area contributed by atoms with Crippen LogP contribution in [0.2, 0.25) is 0 Å². The van der Waals surface area contributed by atoms with Crippen molar-refractivity contribution in [3.8, 4) is 5.75 Å². The van der Waals surface area contributed by atoms with Crippen LogP contribution in [0.15, 0.2) is 54.6 Å². The van der Waals surface area contributed by atoms with Gasteiger partial charge in [-0.25, -0.2) is 0 Å². The first-order chi connectivity index (χ1) is 12.2. The second-order valence-corrected chi connectivity index (χ2v) is 6.71. The Labute approximate surface area is 149 Å². The van der Waals surface area contributed by atoms with Crippen LogP contribution in [0.5, 0.6) is 5.75 Å². The Morgan fingerprint density at radius 2 is 1.88 bits per heavy atom. The Kier molecular flexibility index (Phi) is 6.07. The van der Waals surface area contributed by atoms with Crippen LogP contribution in [0.1, 0.15) is 24.0 Å². The van der Waals surface area contributed by atoms with Gasteiger partial charge in [0.1, 0.15) is 5.75 Å². The molecule has 3 rings (SSSR count). The fourth-order valence-electron chi connectivity index (χ4n) is 3.20. The average molecular weight is 338 g/mol. The maximum Gasteiger partial charge on any atom is 0.258 e. The molecule has 1 heterocycles.